The molecule has 1 aliphatic rings. The molecule has 0 unspecified atom stereocenters. The van der Waals surface area contributed by atoms with Crippen LogP contribution < -0.4 is 19.7 Å². The summed E-state index contributed by atoms with van der Waals surface area (Å²) in [5.41, 5.74) is 3.07. The third kappa shape index (κ3) is 5.30. The van der Waals surface area contributed by atoms with E-state index in [-0.39, 0.29) is 11.8 Å². The number of benzene rings is 1. The first-order valence-electron chi connectivity index (χ1n) is 11.6. The van der Waals surface area contributed by atoms with Crippen LogP contribution in [-0.2, 0) is 11.2 Å². The molecule has 0 atom stereocenters. The number of carbonyl (C=O) groups excluding carboxylic acids is 1. The number of aryl methyl sites for hydroxylation is 2. The highest BCUT2D eigenvalue weighted by Gasteiger charge is 2.25. The molecule has 1 fully saturated rings. The van der Waals surface area contributed by atoms with Crippen LogP contribution in [0.15, 0.2) is 36.4 Å². The molecule has 9 nitrogen and oxygen atoms in total. The largest absolute Gasteiger partial charge is 0.493 e. The third-order valence-electron chi connectivity index (χ3n) is 6.21. The van der Waals surface area contributed by atoms with Crippen LogP contribution in [0.4, 0.5) is 5.82 Å². The van der Waals surface area contributed by atoms with Gasteiger partial charge < -0.3 is 19.7 Å². The lowest BCUT2D eigenvalue weighted by Crippen LogP contribution is -2.41. The van der Waals surface area contributed by atoms with E-state index in [1.807, 2.05) is 50.2 Å². The van der Waals surface area contributed by atoms with Gasteiger partial charge in [-0.1, -0.05) is 6.07 Å². The molecule has 0 saturated carbocycles. The fourth-order valence-electron chi connectivity index (χ4n) is 4.34. The number of hydrogen-bond acceptors (Lipinski definition) is 7. The zero-order chi connectivity index (χ0) is 24.1. The molecule has 0 radical (unpaired) electrons. The molecule has 9 heteroatoms. The minimum atomic E-state index is 0.0172. The van der Waals surface area contributed by atoms with Gasteiger partial charge in [0.25, 0.3) is 0 Å². The first-order valence-corrected chi connectivity index (χ1v) is 11.6. The van der Waals surface area contributed by atoms with E-state index >= 15 is 0 Å². The third-order valence-corrected chi connectivity index (χ3v) is 6.21. The van der Waals surface area contributed by atoms with Crippen LogP contribution in [0.1, 0.15) is 29.8 Å². The van der Waals surface area contributed by atoms with Crippen molar-refractivity contribution in [2.24, 2.45) is 5.92 Å². The van der Waals surface area contributed by atoms with Crippen LogP contribution in [0, 0.1) is 19.8 Å². The standard InChI is InChI=1S/C25H32N6O3/c1-17-15-18(2)31(29-17)24-8-7-23(27-28-24)30-13-10-20(11-14-30)25(32)26-12-9-19-5-6-21(33-3)22(16-19)34-4/h5-8,15-16,20H,9-14H2,1-4H3,(H,26,32). The zero-order valence-electron chi connectivity index (χ0n) is 20.2. The van der Waals surface area contributed by atoms with Crippen LogP contribution in [-0.4, -0.2) is 59.7 Å². The van der Waals surface area contributed by atoms with Crippen LogP contribution in [0.3, 0.4) is 0 Å². The number of amides is 1. The molecule has 34 heavy (non-hydrogen) atoms. The number of methoxy groups -OCH3 is 2. The molecule has 0 bridgehead atoms. The van der Waals surface area contributed by atoms with Crippen molar-refractivity contribution in [2.75, 3.05) is 38.8 Å². The molecular formula is C25H32N6O3. The fourth-order valence-corrected chi connectivity index (χ4v) is 4.34. The number of aromatic nitrogens is 4. The van der Waals surface area contributed by atoms with E-state index in [1.54, 1.807) is 18.9 Å². The van der Waals surface area contributed by atoms with E-state index < -0.39 is 0 Å². The minimum absolute atomic E-state index is 0.0172. The first-order chi connectivity index (χ1) is 16.5. The van der Waals surface area contributed by atoms with Crippen LogP contribution >= 0.6 is 0 Å². The van der Waals surface area contributed by atoms with Crippen molar-refractivity contribution in [2.45, 2.75) is 33.1 Å². The van der Waals surface area contributed by atoms with Crippen LogP contribution in [0.25, 0.3) is 5.82 Å². The Hall–Kier alpha value is -3.62. The smallest absolute Gasteiger partial charge is 0.223 e. The van der Waals surface area contributed by atoms with Crippen molar-refractivity contribution >= 4 is 11.7 Å². The summed E-state index contributed by atoms with van der Waals surface area (Å²) in [4.78, 5) is 14.9. The molecule has 1 aliphatic heterocycles. The molecule has 1 saturated heterocycles. The number of nitrogens with one attached hydrogen (secondary N) is 1. The van der Waals surface area contributed by atoms with Crippen molar-refractivity contribution in [1.29, 1.82) is 0 Å². The average Bonchev–Trinajstić information content (AvgIpc) is 3.21. The lowest BCUT2D eigenvalue weighted by atomic mass is 9.96. The maximum Gasteiger partial charge on any atom is 0.223 e. The lowest BCUT2D eigenvalue weighted by molar-refractivity contribution is -0.125. The molecule has 3 aromatic rings. The van der Waals surface area contributed by atoms with Gasteiger partial charge in [0.05, 0.1) is 19.9 Å². The monoisotopic (exact) mass is 464 g/mol. The quantitative estimate of drug-likeness (QED) is 0.548. The van der Waals surface area contributed by atoms with Gasteiger partial charge in [-0.2, -0.15) is 5.10 Å². The van der Waals surface area contributed by atoms with E-state index in [1.165, 1.54) is 0 Å². The molecule has 1 amide bonds. The average molecular weight is 465 g/mol. The Labute approximate surface area is 200 Å². The summed E-state index contributed by atoms with van der Waals surface area (Å²) in [6.45, 7) is 6.11. The molecule has 2 aromatic heterocycles. The predicted molar refractivity (Wildman–Crippen MR) is 130 cm³/mol. The molecular weight excluding hydrogens is 432 g/mol. The number of nitrogens with zero attached hydrogens (tertiary/aromatic N) is 5. The van der Waals surface area contributed by atoms with E-state index in [0.717, 1.165) is 55.1 Å². The summed E-state index contributed by atoms with van der Waals surface area (Å²) in [5, 5.41) is 16.3. The van der Waals surface area contributed by atoms with Crippen LogP contribution in [0.5, 0.6) is 11.5 Å². The number of carbonyl (C=O) groups is 1. The maximum absolute atomic E-state index is 12.7. The second kappa shape index (κ2) is 10.5. The summed E-state index contributed by atoms with van der Waals surface area (Å²) in [7, 11) is 3.24. The van der Waals surface area contributed by atoms with E-state index in [4.69, 9.17) is 9.47 Å². The van der Waals surface area contributed by atoms with Crippen molar-refractivity contribution in [3.05, 3.63) is 53.3 Å². The summed E-state index contributed by atoms with van der Waals surface area (Å²) in [6, 6.07) is 11.8. The fraction of sp³-hybridized carbons (Fsp3) is 0.440. The SMILES string of the molecule is COc1ccc(CCNC(=O)C2CCN(c3ccc(-n4nc(C)cc4C)nn3)CC2)cc1OC. The topological polar surface area (TPSA) is 94.4 Å². The van der Waals surface area contributed by atoms with Gasteiger partial charge in [-0.25, -0.2) is 4.68 Å². The highest BCUT2D eigenvalue weighted by molar-refractivity contribution is 5.79. The Kier molecular flexibility index (Phi) is 7.30. The normalized spacial score (nSPS) is 14.2. The Morgan fingerprint density at radius 2 is 1.71 bits per heavy atom. The molecule has 0 spiro atoms. The summed E-state index contributed by atoms with van der Waals surface area (Å²) < 4.78 is 12.4. The molecule has 1 aromatic carbocycles. The van der Waals surface area contributed by atoms with Crippen molar-refractivity contribution in [3.8, 4) is 17.3 Å². The predicted octanol–water partition coefficient (Wildman–Crippen LogP) is 2.87. The highest BCUT2D eigenvalue weighted by Crippen LogP contribution is 2.27. The molecule has 180 valence electrons. The Bertz CT molecular complexity index is 1120. The minimum Gasteiger partial charge on any atom is -0.493 e. The molecule has 3 heterocycles. The number of ether oxygens (including phenoxy) is 2. The number of anilines is 1. The van der Waals surface area contributed by atoms with Crippen LogP contribution in [0.2, 0.25) is 0 Å². The first kappa shape index (κ1) is 23.5. The van der Waals surface area contributed by atoms with Crippen molar-refractivity contribution in [1.82, 2.24) is 25.3 Å². The second-order valence-electron chi connectivity index (χ2n) is 8.58. The Morgan fingerprint density at radius 3 is 2.32 bits per heavy atom. The van der Waals surface area contributed by atoms with Crippen molar-refractivity contribution in [3.63, 3.8) is 0 Å². The molecule has 1 N–H and O–H groups in total. The Balaban J connectivity index is 1.25. The zero-order valence-corrected chi connectivity index (χ0v) is 20.2. The van der Waals surface area contributed by atoms with E-state index in [2.05, 4.69) is 25.5 Å². The lowest BCUT2D eigenvalue weighted by Gasteiger charge is -2.31. The van der Waals surface area contributed by atoms with Gasteiger partial charge in [0.2, 0.25) is 5.91 Å². The van der Waals surface area contributed by atoms with Gasteiger partial charge in [-0.15, -0.1) is 10.2 Å². The summed E-state index contributed by atoms with van der Waals surface area (Å²) in [5.74, 6) is 3.07. The van der Waals surface area contributed by atoms with Gasteiger partial charge in [0.15, 0.2) is 23.1 Å². The number of rotatable bonds is 8. The van der Waals surface area contributed by atoms with E-state index in [0.29, 0.717) is 23.9 Å². The highest BCUT2D eigenvalue weighted by atomic mass is 16.5. The van der Waals surface area contributed by atoms with E-state index in [9.17, 15) is 4.79 Å². The summed E-state index contributed by atoms with van der Waals surface area (Å²) in [6.07, 6.45) is 2.33. The summed E-state index contributed by atoms with van der Waals surface area (Å²) >= 11 is 0. The van der Waals surface area contributed by atoms with Gasteiger partial charge in [0, 0.05) is 31.2 Å². The number of piperidine rings is 1. The molecule has 0 aliphatic carbocycles. The maximum atomic E-state index is 12.7. The van der Waals surface area contributed by atoms with Gasteiger partial charge in [-0.05, 0) is 69.0 Å². The van der Waals surface area contributed by atoms with Gasteiger partial charge >= 0.3 is 0 Å². The molecule has 4 rings (SSSR count). The number of hydrogen-bond donors (Lipinski definition) is 1. The Morgan fingerprint density at radius 1 is 1.00 bits per heavy atom. The second-order valence-corrected chi connectivity index (χ2v) is 8.58. The van der Waals surface area contributed by atoms with Gasteiger partial charge in [-0.3, -0.25) is 4.79 Å². The van der Waals surface area contributed by atoms with Gasteiger partial charge in [0.1, 0.15) is 0 Å². The van der Waals surface area contributed by atoms with Crippen molar-refractivity contribution < 1.29 is 14.3 Å².